The number of nitrogens with two attached hydrogens (primary N) is 1. The van der Waals surface area contributed by atoms with E-state index in [0.717, 1.165) is 0 Å². The van der Waals surface area contributed by atoms with Crippen LogP contribution in [0.15, 0.2) is 0 Å². The first-order valence-corrected chi connectivity index (χ1v) is 6.04. The third-order valence-electron chi connectivity index (χ3n) is 0.510. The Kier molecular flexibility index (Phi) is 2.03. The largest absolute Gasteiger partial charge is 0.383 e. The minimum Gasteiger partial charge on any atom is -0.383 e. The summed E-state index contributed by atoms with van der Waals surface area (Å²) < 4.78 is 0. The first kappa shape index (κ1) is 7.49. The van der Waals surface area contributed by atoms with Crippen LogP contribution in [0, 0.1) is 5.41 Å². The molecule has 0 aromatic heterocycles. The van der Waals surface area contributed by atoms with Gasteiger partial charge in [-0.3, -0.25) is 5.41 Å². The average Bonchev–Trinajstić information content (AvgIpc) is 1.21. The Morgan fingerprint density at radius 2 is 1.88 bits per heavy atom. The molecule has 0 radical (unpaired) electrons. The summed E-state index contributed by atoms with van der Waals surface area (Å²) >= 11 is 0. The van der Waals surface area contributed by atoms with E-state index in [1.807, 2.05) is 0 Å². The molecule has 0 spiro atoms. The maximum absolute atomic E-state index is 6.85. The van der Waals surface area contributed by atoms with Crippen LogP contribution in [0.3, 0.4) is 0 Å². The summed E-state index contributed by atoms with van der Waals surface area (Å²) in [6.45, 7) is 6.28. The molecule has 8 heavy (non-hydrogen) atoms. The molecule has 0 aliphatic rings. The fourth-order valence-corrected chi connectivity index (χ4v) is 1.21. The first-order valence-electron chi connectivity index (χ1n) is 2.54. The van der Waals surface area contributed by atoms with Gasteiger partial charge in [0.15, 0.2) is 5.96 Å². The third kappa shape index (κ3) is 5.49. The van der Waals surface area contributed by atoms with Crippen molar-refractivity contribution in [1.82, 2.24) is 4.98 Å². The van der Waals surface area contributed by atoms with Gasteiger partial charge in [0.2, 0.25) is 0 Å². The summed E-state index contributed by atoms with van der Waals surface area (Å²) in [6, 6.07) is 0. The van der Waals surface area contributed by atoms with E-state index in [9.17, 15) is 0 Å². The number of nitrogens with one attached hydrogen (secondary N) is 2. The van der Waals surface area contributed by atoms with Crippen LogP contribution in [-0.4, -0.2) is 14.2 Å². The van der Waals surface area contributed by atoms with Crippen LogP contribution in [0.5, 0.6) is 0 Å². The van der Waals surface area contributed by atoms with Gasteiger partial charge in [0.05, 0.1) is 0 Å². The second-order valence-electron chi connectivity index (χ2n) is 2.79. The van der Waals surface area contributed by atoms with E-state index in [0.29, 0.717) is 0 Å². The standard InChI is InChI=1S/C4H13N3Si/c1-8(2,3)7-4(5)6/h1-3H3,(H4,5,6,7). The minimum absolute atomic E-state index is 0.0872. The maximum atomic E-state index is 6.85. The fourth-order valence-electron chi connectivity index (χ4n) is 0.404. The van der Waals surface area contributed by atoms with Crippen LogP contribution in [0.2, 0.25) is 19.6 Å². The molecule has 0 aliphatic carbocycles. The third-order valence-corrected chi connectivity index (χ3v) is 1.53. The van der Waals surface area contributed by atoms with E-state index >= 15 is 0 Å². The van der Waals surface area contributed by atoms with E-state index in [-0.39, 0.29) is 5.96 Å². The lowest BCUT2D eigenvalue weighted by molar-refractivity contribution is 1.23. The molecule has 0 aromatic rings. The number of hydrogen-bond donors (Lipinski definition) is 3. The van der Waals surface area contributed by atoms with Gasteiger partial charge in [0.1, 0.15) is 8.24 Å². The van der Waals surface area contributed by atoms with Crippen molar-refractivity contribution in [2.45, 2.75) is 19.6 Å². The molecule has 0 saturated carbocycles. The van der Waals surface area contributed by atoms with Gasteiger partial charge in [-0.1, -0.05) is 19.6 Å². The lowest BCUT2D eigenvalue weighted by Crippen LogP contribution is -2.48. The highest BCUT2D eigenvalue weighted by atomic mass is 28.3. The van der Waals surface area contributed by atoms with Crippen molar-refractivity contribution in [2.75, 3.05) is 0 Å². The molecule has 3 nitrogen and oxygen atoms in total. The fraction of sp³-hybridized carbons (Fsp3) is 0.750. The number of rotatable bonds is 1. The maximum Gasteiger partial charge on any atom is 0.177 e. The average molecular weight is 131 g/mol. The Labute approximate surface area is 50.9 Å². The van der Waals surface area contributed by atoms with Crippen LogP contribution < -0.4 is 10.7 Å². The zero-order chi connectivity index (χ0) is 6.78. The van der Waals surface area contributed by atoms with Crippen molar-refractivity contribution in [1.29, 1.82) is 5.41 Å². The van der Waals surface area contributed by atoms with Gasteiger partial charge < -0.3 is 10.7 Å². The normalized spacial score (nSPS) is 10.9. The van der Waals surface area contributed by atoms with E-state index < -0.39 is 8.24 Å². The topological polar surface area (TPSA) is 61.9 Å². The molecule has 0 fully saturated rings. The minimum atomic E-state index is -1.32. The monoisotopic (exact) mass is 131 g/mol. The molecule has 0 aromatic carbocycles. The molecule has 0 atom stereocenters. The van der Waals surface area contributed by atoms with Gasteiger partial charge >= 0.3 is 0 Å². The lowest BCUT2D eigenvalue weighted by Gasteiger charge is -2.16. The highest BCUT2D eigenvalue weighted by Gasteiger charge is 2.11. The summed E-state index contributed by atoms with van der Waals surface area (Å²) in [5.41, 5.74) is 5.09. The SMILES string of the molecule is C[Si](C)(C)NC(=N)N. The second kappa shape index (κ2) is 2.17. The van der Waals surface area contributed by atoms with Crippen molar-refractivity contribution >= 4 is 14.2 Å². The quantitative estimate of drug-likeness (QED) is 0.272. The zero-order valence-corrected chi connectivity index (χ0v) is 6.58. The summed E-state index contributed by atoms with van der Waals surface area (Å²) in [7, 11) is -1.32. The van der Waals surface area contributed by atoms with E-state index in [1.165, 1.54) is 0 Å². The number of hydrogen-bond acceptors (Lipinski definition) is 1. The Bertz CT molecular complexity index is 93.9. The van der Waals surface area contributed by atoms with E-state index in [2.05, 4.69) is 24.6 Å². The van der Waals surface area contributed by atoms with Gasteiger partial charge in [-0.15, -0.1) is 0 Å². The molecule has 0 amide bonds. The van der Waals surface area contributed by atoms with Crippen molar-refractivity contribution in [3.05, 3.63) is 0 Å². The van der Waals surface area contributed by atoms with Crippen molar-refractivity contribution in [2.24, 2.45) is 5.73 Å². The molecular formula is C4H13N3Si. The predicted molar refractivity (Wildman–Crippen MR) is 38.4 cm³/mol. The molecule has 0 unspecified atom stereocenters. The molecule has 0 saturated heterocycles. The molecule has 0 aliphatic heterocycles. The Morgan fingerprint density at radius 3 is 1.88 bits per heavy atom. The van der Waals surface area contributed by atoms with Crippen LogP contribution >= 0.6 is 0 Å². The Morgan fingerprint density at radius 1 is 1.50 bits per heavy atom. The summed E-state index contributed by atoms with van der Waals surface area (Å²) in [5.74, 6) is 0.0872. The van der Waals surface area contributed by atoms with Gasteiger partial charge in [-0.2, -0.15) is 0 Å². The highest BCUT2D eigenvalue weighted by Crippen LogP contribution is 1.91. The van der Waals surface area contributed by atoms with E-state index in [1.54, 1.807) is 0 Å². The van der Waals surface area contributed by atoms with Crippen LogP contribution in [-0.2, 0) is 0 Å². The highest BCUT2D eigenvalue weighted by molar-refractivity contribution is 6.75. The molecule has 4 heteroatoms. The molecule has 0 bridgehead atoms. The molecule has 48 valence electrons. The zero-order valence-electron chi connectivity index (χ0n) is 5.58. The summed E-state index contributed by atoms with van der Waals surface area (Å²) in [5, 5.41) is 6.85. The smallest absolute Gasteiger partial charge is 0.177 e. The Balaban J connectivity index is 3.55. The van der Waals surface area contributed by atoms with E-state index in [4.69, 9.17) is 11.1 Å². The molecular weight excluding hydrogens is 118 g/mol. The Hall–Kier alpha value is -0.513. The van der Waals surface area contributed by atoms with Gasteiger partial charge in [-0.25, -0.2) is 0 Å². The number of guanidine groups is 1. The molecule has 4 N–H and O–H groups in total. The van der Waals surface area contributed by atoms with Gasteiger partial charge in [-0.05, 0) is 0 Å². The molecule has 0 rings (SSSR count). The van der Waals surface area contributed by atoms with Crippen molar-refractivity contribution in [3.63, 3.8) is 0 Å². The summed E-state index contributed by atoms with van der Waals surface area (Å²) in [4.78, 5) is 2.88. The van der Waals surface area contributed by atoms with Crippen LogP contribution in [0.4, 0.5) is 0 Å². The van der Waals surface area contributed by atoms with Crippen molar-refractivity contribution < 1.29 is 0 Å². The second-order valence-corrected chi connectivity index (χ2v) is 7.54. The first-order chi connectivity index (χ1) is 3.42. The van der Waals surface area contributed by atoms with Crippen LogP contribution in [0.25, 0.3) is 0 Å². The molecule has 0 heterocycles. The van der Waals surface area contributed by atoms with Crippen molar-refractivity contribution in [3.8, 4) is 0 Å². The van der Waals surface area contributed by atoms with Gasteiger partial charge in [0, 0.05) is 0 Å². The lowest BCUT2D eigenvalue weighted by atomic mass is 11.1. The van der Waals surface area contributed by atoms with Crippen LogP contribution in [0.1, 0.15) is 0 Å². The predicted octanol–water partition coefficient (Wildman–Crippen LogP) is 0.304. The van der Waals surface area contributed by atoms with Gasteiger partial charge in [0.25, 0.3) is 0 Å². The summed E-state index contributed by atoms with van der Waals surface area (Å²) in [6.07, 6.45) is 0.